The first-order chi connectivity index (χ1) is 55.6. The summed E-state index contributed by atoms with van der Waals surface area (Å²) in [4.78, 5) is 62.8. The summed E-state index contributed by atoms with van der Waals surface area (Å²) in [6.45, 7) is 27.0. The zero-order valence-electron chi connectivity index (χ0n) is 70.6. The monoisotopic (exact) mass is 1660 g/mol. The molecule has 1 saturated carbocycles. The fourth-order valence-electron chi connectivity index (χ4n) is 12.5. The second-order valence-corrected chi connectivity index (χ2v) is 35.4. The Kier molecular flexibility index (Phi) is 39.3. The van der Waals surface area contributed by atoms with E-state index in [1.54, 1.807) is 26.2 Å². The first-order valence-corrected chi connectivity index (χ1v) is 44.9. The summed E-state index contributed by atoms with van der Waals surface area (Å²) in [5.41, 5.74) is 17.2. The predicted molar refractivity (Wildman–Crippen MR) is 479 cm³/mol. The van der Waals surface area contributed by atoms with Crippen molar-refractivity contribution in [3.05, 3.63) is 238 Å². The summed E-state index contributed by atoms with van der Waals surface area (Å²) in [5.74, 6) is 0.445. The number of hydrogen-bond acceptors (Lipinski definition) is 13. The van der Waals surface area contributed by atoms with Crippen LogP contribution in [0.4, 0.5) is 64.7 Å². The number of carbonyl (C=O) groups excluding carboxylic acids is 5. The summed E-state index contributed by atoms with van der Waals surface area (Å²) < 4.78 is 80.8. The fraction of sp³-hybridized carbons (Fsp3) is 0.404. The molecule has 28 heteroatoms. The standard InChI is InChI=1S/C14H22N2O2S.2C13H18N2O.C11H16N2O.C11H13NO.C10H14N2O2S.C9H11NO2.C8H11NO2S/c1-13-5-7-14(8-6-13)15(2)19(17,18)12-11-16-9-3-4-10-16;1-10-6-8-12(9-7-10)15-13(16)14-11-4-2-3-5-11;1-3-7-14-13(16)15-8-6-11-9-10(2)4-5-12(11)15;1-3-8-12-11(14)13-10-6-4-9(2)5-7-10;1-9-4-6-10(7-5-9)12-8-2-3-11(12)13;1-9-3-5-10(6-4-9)12-8-7-11(2)15(12,13)14;1-7-3-5-8(6-4-7)10-9(11)12-2;1-7-4-3-5-8(6-7)9-12(2,10)11/h5-8H,3-4,9-12H2,1-2H3;6-9,11H,2-5H2,1H3,(H2,14,15,16);4-5,9H,3,6-8H2,1-2H3,(H,14,16);4-7H,3,8H2,1-2H3,(H2,12,13,14);4-7H,2-3,8H2,1H3;3-6H,7-8H2,1-2H3;3-6H,1-2H3,(H,10,11);3-6,9H,1-2H3. The number of fused-ring (bicyclic) bond motifs is 1. The van der Waals surface area contributed by atoms with Crippen LogP contribution >= 0.6 is 0 Å². The van der Waals surface area contributed by atoms with E-state index in [0.29, 0.717) is 44.3 Å². The number of likely N-dealkylation sites (N-methyl/N-ethyl adjacent to an activating group) is 1. The zero-order chi connectivity index (χ0) is 85.7. The summed E-state index contributed by atoms with van der Waals surface area (Å²) in [5, 5.41) is 16.8. The molecular weight excluding hydrogens is 1540 g/mol. The summed E-state index contributed by atoms with van der Waals surface area (Å²) in [7, 11) is -5.06. The molecule has 13 rings (SSSR count). The first-order valence-electron chi connectivity index (χ1n) is 40.0. The lowest BCUT2D eigenvalue weighted by molar-refractivity contribution is -0.117. The van der Waals surface area contributed by atoms with Crippen molar-refractivity contribution in [1.29, 1.82) is 0 Å². The van der Waals surface area contributed by atoms with Crippen LogP contribution in [-0.4, -0.2) is 163 Å². The number of aryl methyl sites for hydroxylation is 8. The summed E-state index contributed by atoms with van der Waals surface area (Å²) >= 11 is 0. The lowest BCUT2D eigenvalue weighted by Crippen LogP contribution is -2.39. The highest BCUT2D eigenvalue weighted by molar-refractivity contribution is 7.92. The molecule has 8 aromatic rings. The average Bonchev–Trinajstić information content (AvgIpc) is 1.67. The van der Waals surface area contributed by atoms with E-state index in [-0.39, 0.29) is 29.8 Å². The molecule has 0 aromatic heterocycles. The topological polar surface area (TPSA) is 301 Å². The normalized spacial score (nSPS) is 14.5. The summed E-state index contributed by atoms with van der Waals surface area (Å²) in [6.07, 6.45) is 12.3. The van der Waals surface area contributed by atoms with Gasteiger partial charge in [-0.3, -0.25) is 28.3 Å². The van der Waals surface area contributed by atoms with Gasteiger partial charge in [-0.1, -0.05) is 163 Å². The number of likely N-dealkylation sites (tertiary alicyclic amines) is 1. The van der Waals surface area contributed by atoms with Crippen LogP contribution in [0, 0.1) is 55.4 Å². The molecule has 5 aliphatic rings. The third-order valence-electron chi connectivity index (χ3n) is 19.3. The van der Waals surface area contributed by atoms with Gasteiger partial charge >= 0.3 is 34.4 Å². The van der Waals surface area contributed by atoms with Gasteiger partial charge < -0.3 is 41.1 Å². The Morgan fingerprint density at radius 1 is 0.513 bits per heavy atom. The fourth-order valence-corrected chi connectivity index (χ4v) is 15.6. The zero-order valence-corrected chi connectivity index (χ0v) is 73.1. The van der Waals surface area contributed by atoms with Crippen LogP contribution in [0.3, 0.4) is 0 Å². The van der Waals surface area contributed by atoms with Gasteiger partial charge in [0.2, 0.25) is 26.0 Å². The Bertz CT molecular complexity index is 4760. The molecule has 8 aromatic carbocycles. The molecule has 4 aliphatic heterocycles. The van der Waals surface area contributed by atoms with Gasteiger partial charge in [0.25, 0.3) is 0 Å². The largest absolute Gasteiger partial charge is 0.453 e. The van der Waals surface area contributed by atoms with E-state index in [9.17, 15) is 49.2 Å². The number of sulfonamides is 2. The number of anilines is 8. The number of nitrogens with zero attached hydrogens (tertiary/aromatic N) is 6. The molecule has 634 valence electrons. The van der Waals surface area contributed by atoms with Gasteiger partial charge in [-0.05, 0) is 222 Å². The Hall–Kier alpha value is -10.5. The molecule has 0 radical (unpaired) electrons. The second kappa shape index (κ2) is 48.2. The minimum absolute atomic E-state index is 0.0319. The van der Waals surface area contributed by atoms with E-state index < -0.39 is 36.3 Å². The van der Waals surface area contributed by atoms with Crippen molar-refractivity contribution in [2.75, 3.05) is 131 Å². The molecule has 1 aliphatic carbocycles. The predicted octanol–water partition coefficient (Wildman–Crippen LogP) is 16.6. The van der Waals surface area contributed by atoms with Crippen LogP contribution in [0.2, 0.25) is 0 Å². The number of urea groups is 3. The van der Waals surface area contributed by atoms with Gasteiger partial charge in [-0.25, -0.2) is 36.0 Å². The number of carbonyl (C=O) groups is 5. The van der Waals surface area contributed by atoms with Gasteiger partial charge in [0.15, 0.2) is 0 Å². The van der Waals surface area contributed by atoms with E-state index in [1.165, 1.54) is 73.5 Å². The Balaban J connectivity index is 0.000000209. The van der Waals surface area contributed by atoms with E-state index >= 15 is 0 Å². The van der Waals surface area contributed by atoms with Crippen molar-refractivity contribution < 1.29 is 54.0 Å². The van der Waals surface area contributed by atoms with Gasteiger partial charge in [0, 0.05) is 106 Å². The number of hydrogen-bond donors (Lipinski definition) is 7. The van der Waals surface area contributed by atoms with Crippen molar-refractivity contribution in [3.63, 3.8) is 0 Å². The highest BCUT2D eigenvalue weighted by Crippen LogP contribution is 2.30. The van der Waals surface area contributed by atoms with Crippen molar-refractivity contribution in [1.82, 2.24) is 25.2 Å². The molecule has 4 heterocycles. The molecule has 8 amide bonds. The smallest absolute Gasteiger partial charge is 0.411 e. The molecule has 3 saturated heterocycles. The van der Waals surface area contributed by atoms with Crippen molar-refractivity contribution in [3.8, 4) is 0 Å². The first kappa shape index (κ1) is 95.3. The van der Waals surface area contributed by atoms with Crippen LogP contribution in [0.25, 0.3) is 0 Å². The maximum Gasteiger partial charge on any atom is 0.411 e. The number of ether oxygens (including phenoxy) is 1. The third-order valence-corrected chi connectivity index (χ3v) is 23.5. The van der Waals surface area contributed by atoms with E-state index in [2.05, 4.69) is 79.2 Å². The van der Waals surface area contributed by atoms with Gasteiger partial charge in [0.05, 0.1) is 30.5 Å². The lowest BCUT2D eigenvalue weighted by atomic mass is 10.1. The summed E-state index contributed by atoms with van der Waals surface area (Å²) in [6, 6.07) is 59.9. The van der Waals surface area contributed by atoms with Crippen LogP contribution < -0.4 is 55.0 Å². The lowest BCUT2D eigenvalue weighted by Gasteiger charge is -2.21. The number of amides is 8. The maximum atomic E-state index is 12.3. The van der Waals surface area contributed by atoms with Crippen molar-refractivity contribution in [2.45, 2.75) is 146 Å². The quantitative estimate of drug-likeness (QED) is 0.0447. The second-order valence-electron chi connectivity index (χ2n) is 29.6. The van der Waals surface area contributed by atoms with Gasteiger partial charge in [0.1, 0.15) is 0 Å². The van der Waals surface area contributed by atoms with Gasteiger partial charge in [-0.2, -0.15) is 12.7 Å². The number of rotatable bonds is 17. The highest BCUT2D eigenvalue weighted by atomic mass is 32.2. The Morgan fingerprint density at radius 3 is 1.47 bits per heavy atom. The van der Waals surface area contributed by atoms with Crippen LogP contribution in [0.5, 0.6) is 0 Å². The van der Waals surface area contributed by atoms with Crippen LogP contribution in [0.1, 0.15) is 128 Å². The Labute approximate surface area is 696 Å². The molecule has 4 fully saturated rings. The number of nitrogens with one attached hydrogen (secondary N) is 7. The molecule has 0 atom stereocenters. The van der Waals surface area contributed by atoms with Crippen molar-refractivity contribution in [2.24, 2.45) is 0 Å². The molecule has 0 spiro atoms. The maximum absolute atomic E-state index is 12.3. The average molecular weight is 1660 g/mol. The van der Waals surface area contributed by atoms with E-state index in [1.807, 2.05) is 222 Å². The van der Waals surface area contributed by atoms with E-state index in [4.69, 9.17) is 0 Å². The molecule has 0 bridgehead atoms. The molecular formula is C89H123N13O12S3. The number of methoxy groups -OCH3 is 1. The molecule has 7 N–H and O–H groups in total. The molecule has 0 unspecified atom stereocenters. The molecule has 25 nitrogen and oxygen atoms in total. The van der Waals surface area contributed by atoms with E-state index in [0.717, 1.165) is 140 Å². The highest BCUT2D eigenvalue weighted by Gasteiger charge is 2.34. The Morgan fingerprint density at radius 2 is 0.991 bits per heavy atom. The van der Waals surface area contributed by atoms with Gasteiger partial charge in [-0.15, -0.1) is 0 Å². The van der Waals surface area contributed by atoms with Crippen LogP contribution in [0.15, 0.2) is 188 Å². The van der Waals surface area contributed by atoms with Crippen LogP contribution in [-0.2, 0) is 46.2 Å². The SMILES string of the molecule is CCCNC(=O)N1CCc2cc(C)ccc21.CCCNC(=O)Nc1ccc(C)cc1.COC(=O)Nc1ccc(C)cc1.Cc1ccc(N(C)S(=O)(=O)CCN2CCCC2)cc1.Cc1ccc(N2CCCC2=O)cc1.Cc1ccc(N2CCN(C)S2(=O)=O)cc1.Cc1ccc(NC(=O)NC2CCCC2)cc1.Cc1cccc(NS(C)(=O)=O)c1. The third kappa shape index (κ3) is 34.3. The number of benzene rings is 8. The minimum Gasteiger partial charge on any atom is -0.453 e. The molecule has 117 heavy (non-hydrogen) atoms. The van der Waals surface area contributed by atoms with Crippen molar-refractivity contribution >= 4 is 106 Å². The minimum atomic E-state index is -3.27.